The molecular weight excluding hydrogens is 350 g/mol. The van der Waals surface area contributed by atoms with E-state index in [-0.39, 0.29) is 11.9 Å². The number of fused-ring (bicyclic) bond motifs is 1. The Bertz CT molecular complexity index is 997. The van der Waals surface area contributed by atoms with Gasteiger partial charge in [-0.25, -0.2) is 4.98 Å². The molecule has 0 radical (unpaired) electrons. The molecule has 0 bridgehead atoms. The molecule has 2 aromatic heterocycles. The molecule has 6 nitrogen and oxygen atoms in total. The molecule has 0 saturated carbocycles. The number of carbonyl (C=O) groups excluding carboxylic acids is 1. The molecule has 1 fully saturated rings. The first-order valence-electron chi connectivity index (χ1n) is 9.83. The number of hydrogen-bond donors (Lipinski definition) is 0. The van der Waals surface area contributed by atoms with Crippen molar-refractivity contribution in [3.63, 3.8) is 0 Å². The highest BCUT2D eigenvalue weighted by atomic mass is 16.2. The maximum absolute atomic E-state index is 12.8. The SMILES string of the molecule is Cc1cc(N2CCC(N(C)C(=O)c3cc(C)n(C)n3)CC2)nc2ccccc12. The van der Waals surface area contributed by atoms with Crippen LogP contribution < -0.4 is 4.90 Å². The third-order valence-corrected chi connectivity index (χ3v) is 5.90. The Morgan fingerprint density at radius 3 is 2.54 bits per heavy atom. The van der Waals surface area contributed by atoms with Crippen LogP contribution in [0.5, 0.6) is 0 Å². The normalized spacial score (nSPS) is 15.2. The van der Waals surface area contributed by atoms with E-state index in [4.69, 9.17) is 4.98 Å². The number of rotatable bonds is 3. The second-order valence-corrected chi connectivity index (χ2v) is 7.74. The topological polar surface area (TPSA) is 54.3 Å². The van der Waals surface area contributed by atoms with E-state index in [1.807, 2.05) is 38.1 Å². The number of aromatic nitrogens is 3. The van der Waals surface area contributed by atoms with Crippen LogP contribution in [0.1, 0.15) is 34.6 Å². The molecule has 4 rings (SSSR count). The number of benzene rings is 1. The number of piperidine rings is 1. The molecule has 146 valence electrons. The van der Waals surface area contributed by atoms with E-state index in [0.29, 0.717) is 5.69 Å². The fraction of sp³-hybridized carbons (Fsp3) is 0.409. The van der Waals surface area contributed by atoms with E-state index in [2.05, 4.69) is 41.2 Å². The number of amides is 1. The average Bonchev–Trinajstić information content (AvgIpc) is 3.05. The van der Waals surface area contributed by atoms with Crippen LogP contribution in [-0.2, 0) is 7.05 Å². The summed E-state index contributed by atoms with van der Waals surface area (Å²) in [7, 11) is 3.76. The van der Waals surface area contributed by atoms with Gasteiger partial charge in [-0.1, -0.05) is 18.2 Å². The molecule has 1 saturated heterocycles. The summed E-state index contributed by atoms with van der Waals surface area (Å²) in [6.45, 7) is 5.89. The second-order valence-electron chi connectivity index (χ2n) is 7.74. The van der Waals surface area contributed by atoms with Gasteiger partial charge < -0.3 is 9.80 Å². The molecular formula is C22H27N5O. The number of pyridine rings is 1. The van der Waals surface area contributed by atoms with Gasteiger partial charge in [0, 0.05) is 44.3 Å². The van der Waals surface area contributed by atoms with Crippen LogP contribution in [0.15, 0.2) is 36.4 Å². The van der Waals surface area contributed by atoms with Crippen molar-refractivity contribution in [2.45, 2.75) is 32.7 Å². The van der Waals surface area contributed by atoms with Gasteiger partial charge in [0.15, 0.2) is 5.69 Å². The van der Waals surface area contributed by atoms with Crippen molar-refractivity contribution in [3.8, 4) is 0 Å². The van der Waals surface area contributed by atoms with Gasteiger partial charge in [0.25, 0.3) is 5.91 Å². The molecule has 1 aliphatic heterocycles. The smallest absolute Gasteiger partial charge is 0.274 e. The van der Waals surface area contributed by atoms with Gasteiger partial charge in [0.05, 0.1) is 5.52 Å². The van der Waals surface area contributed by atoms with Crippen LogP contribution in [0.2, 0.25) is 0 Å². The molecule has 0 spiro atoms. The van der Waals surface area contributed by atoms with Gasteiger partial charge in [-0.3, -0.25) is 9.48 Å². The van der Waals surface area contributed by atoms with Gasteiger partial charge in [-0.05, 0) is 50.5 Å². The molecule has 3 aromatic rings. The molecule has 0 atom stereocenters. The Morgan fingerprint density at radius 2 is 1.86 bits per heavy atom. The summed E-state index contributed by atoms with van der Waals surface area (Å²) < 4.78 is 1.75. The van der Waals surface area contributed by atoms with Crippen LogP contribution in [0.25, 0.3) is 10.9 Å². The zero-order chi connectivity index (χ0) is 19.8. The lowest BCUT2D eigenvalue weighted by Crippen LogP contribution is -2.46. The number of para-hydroxylation sites is 1. The fourth-order valence-electron chi connectivity index (χ4n) is 3.99. The molecule has 28 heavy (non-hydrogen) atoms. The Morgan fingerprint density at radius 1 is 1.14 bits per heavy atom. The summed E-state index contributed by atoms with van der Waals surface area (Å²) in [6.07, 6.45) is 1.86. The van der Waals surface area contributed by atoms with Crippen LogP contribution in [0, 0.1) is 13.8 Å². The zero-order valence-electron chi connectivity index (χ0n) is 17.0. The number of aryl methyl sites for hydroxylation is 3. The summed E-state index contributed by atoms with van der Waals surface area (Å²) >= 11 is 0. The third-order valence-electron chi connectivity index (χ3n) is 5.90. The molecule has 1 aliphatic rings. The van der Waals surface area contributed by atoms with Crippen molar-refractivity contribution in [1.82, 2.24) is 19.7 Å². The number of nitrogens with zero attached hydrogens (tertiary/aromatic N) is 5. The van der Waals surface area contributed by atoms with E-state index < -0.39 is 0 Å². The van der Waals surface area contributed by atoms with Crippen LogP contribution in [0.4, 0.5) is 5.82 Å². The van der Waals surface area contributed by atoms with Gasteiger partial charge >= 0.3 is 0 Å². The largest absolute Gasteiger partial charge is 0.356 e. The van der Waals surface area contributed by atoms with E-state index in [0.717, 1.165) is 43.0 Å². The lowest BCUT2D eigenvalue weighted by atomic mass is 10.0. The molecule has 0 aliphatic carbocycles. The molecule has 1 amide bonds. The first kappa shape index (κ1) is 18.5. The summed E-state index contributed by atoms with van der Waals surface area (Å²) in [5, 5.41) is 5.54. The van der Waals surface area contributed by atoms with E-state index in [1.54, 1.807) is 4.68 Å². The lowest BCUT2D eigenvalue weighted by molar-refractivity contribution is 0.0702. The lowest BCUT2D eigenvalue weighted by Gasteiger charge is -2.37. The molecule has 0 unspecified atom stereocenters. The highest BCUT2D eigenvalue weighted by Gasteiger charge is 2.28. The fourth-order valence-corrected chi connectivity index (χ4v) is 3.99. The predicted molar refractivity (Wildman–Crippen MR) is 112 cm³/mol. The van der Waals surface area contributed by atoms with E-state index in [9.17, 15) is 4.79 Å². The van der Waals surface area contributed by atoms with E-state index >= 15 is 0 Å². The number of anilines is 1. The Kier molecular flexibility index (Phi) is 4.79. The standard InChI is InChI=1S/C22H27N5O/c1-15-13-21(23-19-8-6-5-7-18(15)19)27-11-9-17(10-12-27)25(3)22(28)20-14-16(2)26(4)24-20/h5-8,13-14,17H,9-12H2,1-4H3. The highest BCUT2D eigenvalue weighted by Crippen LogP contribution is 2.26. The van der Waals surface area contributed by atoms with Gasteiger partial charge in [0.1, 0.15) is 5.82 Å². The van der Waals surface area contributed by atoms with Crippen molar-refractivity contribution >= 4 is 22.6 Å². The molecule has 6 heteroatoms. The van der Waals surface area contributed by atoms with Crippen molar-refractivity contribution in [2.75, 3.05) is 25.0 Å². The minimum Gasteiger partial charge on any atom is -0.356 e. The molecule has 1 aromatic carbocycles. The van der Waals surface area contributed by atoms with Gasteiger partial charge in [-0.15, -0.1) is 0 Å². The first-order chi connectivity index (χ1) is 13.4. The van der Waals surface area contributed by atoms with Crippen molar-refractivity contribution in [2.24, 2.45) is 7.05 Å². The summed E-state index contributed by atoms with van der Waals surface area (Å²) in [4.78, 5) is 21.8. The second kappa shape index (κ2) is 7.26. The Labute approximate surface area is 165 Å². The highest BCUT2D eigenvalue weighted by molar-refractivity contribution is 5.92. The van der Waals surface area contributed by atoms with Crippen molar-refractivity contribution in [1.29, 1.82) is 0 Å². The molecule has 3 heterocycles. The third kappa shape index (κ3) is 3.35. The van der Waals surface area contributed by atoms with E-state index in [1.165, 1.54) is 10.9 Å². The van der Waals surface area contributed by atoms with Crippen molar-refractivity contribution in [3.05, 3.63) is 53.3 Å². The van der Waals surface area contributed by atoms with Crippen LogP contribution in [0.3, 0.4) is 0 Å². The average molecular weight is 377 g/mol. The number of hydrogen-bond acceptors (Lipinski definition) is 4. The van der Waals surface area contributed by atoms with Crippen LogP contribution >= 0.6 is 0 Å². The number of carbonyl (C=O) groups is 1. The van der Waals surface area contributed by atoms with Crippen molar-refractivity contribution < 1.29 is 4.79 Å². The predicted octanol–water partition coefficient (Wildman–Crippen LogP) is 3.33. The summed E-state index contributed by atoms with van der Waals surface area (Å²) in [6, 6.07) is 12.5. The van der Waals surface area contributed by atoms with Gasteiger partial charge in [-0.2, -0.15) is 5.10 Å². The summed E-state index contributed by atoms with van der Waals surface area (Å²) in [5.74, 6) is 1.03. The maximum atomic E-state index is 12.8. The maximum Gasteiger partial charge on any atom is 0.274 e. The quantitative estimate of drug-likeness (QED) is 0.703. The van der Waals surface area contributed by atoms with Crippen LogP contribution in [-0.4, -0.2) is 51.8 Å². The minimum absolute atomic E-state index is 0.00169. The first-order valence-corrected chi connectivity index (χ1v) is 9.83. The molecule has 0 N–H and O–H groups in total. The monoisotopic (exact) mass is 377 g/mol. The Balaban J connectivity index is 1.45. The Hall–Kier alpha value is -2.89. The minimum atomic E-state index is 0.00169. The van der Waals surface area contributed by atoms with Gasteiger partial charge in [0.2, 0.25) is 0 Å². The zero-order valence-corrected chi connectivity index (χ0v) is 17.0. The summed E-state index contributed by atoms with van der Waals surface area (Å²) in [5.41, 5.74) is 3.80.